The first-order chi connectivity index (χ1) is 11.9. The topological polar surface area (TPSA) is 59.0 Å². The summed E-state index contributed by atoms with van der Waals surface area (Å²) in [6.07, 6.45) is 0. The number of sulfonamides is 1. The number of hydrogen-bond acceptors (Lipinski definition) is 4. The lowest BCUT2D eigenvalue weighted by Crippen LogP contribution is -2.35. The van der Waals surface area contributed by atoms with Gasteiger partial charge in [-0.2, -0.15) is 0 Å². The molecule has 0 atom stereocenters. The van der Waals surface area contributed by atoms with E-state index in [1.807, 2.05) is 57.2 Å². The Morgan fingerprint density at radius 2 is 1.84 bits per heavy atom. The number of amidine groups is 1. The maximum absolute atomic E-state index is 13.3. The number of rotatable bonds is 5. The predicted octanol–water partition coefficient (Wildman–Crippen LogP) is 3.15. The largest absolute Gasteiger partial charge is 0.494 e. The van der Waals surface area contributed by atoms with Crippen molar-refractivity contribution >= 4 is 15.9 Å². The van der Waals surface area contributed by atoms with E-state index in [-0.39, 0.29) is 4.90 Å². The summed E-state index contributed by atoms with van der Waals surface area (Å²) in [5.41, 5.74) is 2.44. The molecule has 0 saturated carbocycles. The van der Waals surface area contributed by atoms with Crippen molar-refractivity contribution in [3.63, 3.8) is 0 Å². The summed E-state index contributed by atoms with van der Waals surface area (Å²) in [6.45, 7) is 6.92. The second kappa shape index (κ2) is 6.88. The van der Waals surface area contributed by atoms with Crippen molar-refractivity contribution < 1.29 is 13.2 Å². The maximum atomic E-state index is 13.3. The summed E-state index contributed by atoms with van der Waals surface area (Å²) < 4.78 is 33.6. The SMILES string of the molecule is CCOc1cc(S(=O)(=O)N2CCN=C2c2ccccc2)c(C)cc1C. The van der Waals surface area contributed by atoms with Crippen LogP contribution in [0.5, 0.6) is 5.75 Å². The average Bonchev–Trinajstić information content (AvgIpc) is 3.08. The van der Waals surface area contributed by atoms with Gasteiger partial charge in [0, 0.05) is 11.6 Å². The molecule has 0 spiro atoms. The first-order valence-electron chi connectivity index (χ1n) is 8.31. The molecule has 0 amide bonds. The molecular formula is C19H22N2O3S. The van der Waals surface area contributed by atoms with Gasteiger partial charge in [0.15, 0.2) is 0 Å². The third-order valence-corrected chi connectivity index (χ3v) is 6.10. The zero-order chi connectivity index (χ0) is 18.0. The number of aryl methyl sites for hydroxylation is 2. The smallest absolute Gasteiger partial charge is 0.265 e. The number of hydrogen-bond donors (Lipinski definition) is 0. The van der Waals surface area contributed by atoms with Gasteiger partial charge in [0.2, 0.25) is 0 Å². The molecule has 0 N–H and O–H groups in total. The fourth-order valence-corrected chi connectivity index (χ4v) is 4.68. The molecule has 2 aromatic carbocycles. The molecule has 0 saturated heterocycles. The van der Waals surface area contributed by atoms with Gasteiger partial charge in [0.25, 0.3) is 10.0 Å². The van der Waals surface area contributed by atoms with Crippen molar-refractivity contribution in [1.29, 1.82) is 0 Å². The molecule has 1 aliphatic rings. The van der Waals surface area contributed by atoms with Gasteiger partial charge in [-0.15, -0.1) is 0 Å². The zero-order valence-electron chi connectivity index (χ0n) is 14.7. The van der Waals surface area contributed by atoms with E-state index in [1.165, 1.54) is 4.31 Å². The molecule has 2 aromatic rings. The van der Waals surface area contributed by atoms with Gasteiger partial charge >= 0.3 is 0 Å². The van der Waals surface area contributed by atoms with E-state index in [4.69, 9.17) is 4.74 Å². The fraction of sp³-hybridized carbons (Fsp3) is 0.316. The molecule has 132 valence electrons. The van der Waals surface area contributed by atoms with Gasteiger partial charge in [-0.3, -0.25) is 4.99 Å². The predicted molar refractivity (Wildman–Crippen MR) is 98.8 cm³/mol. The Balaban J connectivity index is 2.05. The molecule has 0 aliphatic carbocycles. The Bertz CT molecular complexity index is 906. The monoisotopic (exact) mass is 358 g/mol. The van der Waals surface area contributed by atoms with Crippen molar-refractivity contribution in [3.8, 4) is 5.75 Å². The van der Waals surface area contributed by atoms with E-state index in [0.29, 0.717) is 36.8 Å². The van der Waals surface area contributed by atoms with Gasteiger partial charge in [0.05, 0.1) is 24.6 Å². The van der Waals surface area contributed by atoms with Crippen LogP contribution in [0.15, 0.2) is 52.4 Å². The molecule has 0 aromatic heterocycles. The van der Waals surface area contributed by atoms with Crippen LogP contribution in [-0.2, 0) is 10.0 Å². The summed E-state index contributed by atoms with van der Waals surface area (Å²) in [4.78, 5) is 4.69. The molecule has 0 bridgehead atoms. The van der Waals surface area contributed by atoms with Gasteiger partial charge < -0.3 is 4.74 Å². The zero-order valence-corrected chi connectivity index (χ0v) is 15.5. The van der Waals surface area contributed by atoms with Crippen molar-refractivity contribution in [3.05, 3.63) is 59.2 Å². The van der Waals surface area contributed by atoms with Crippen LogP contribution in [0, 0.1) is 13.8 Å². The number of aliphatic imine (C=N–C) groups is 1. The van der Waals surface area contributed by atoms with Crippen molar-refractivity contribution in [2.75, 3.05) is 19.7 Å². The van der Waals surface area contributed by atoms with E-state index < -0.39 is 10.0 Å². The molecular weight excluding hydrogens is 336 g/mol. The van der Waals surface area contributed by atoms with Gasteiger partial charge in [-0.05, 0) is 31.9 Å². The summed E-state index contributed by atoms with van der Waals surface area (Å²) >= 11 is 0. The van der Waals surface area contributed by atoms with Gasteiger partial charge in [-0.25, -0.2) is 12.7 Å². The highest BCUT2D eigenvalue weighted by Gasteiger charge is 2.32. The van der Waals surface area contributed by atoms with Crippen LogP contribution in [-0.4, -0.2) is 38.3 Å². The first kappa shape index (κ1) is 17.5. The van der Waals surface area contributed by atoms with Crippen LogP contribution in [0.2, 0.25) is 0 Å². The molecule has 0 unspecified atom stereocenters. The van der Waals surface area contributed by atoms with Gasteiger partial charge in [-0.1, -0.05) is 36.4 Å². The van der Waals surface area contributed by atoms with Crippen molar-refractivity contribution in [2.45, 2.75) is 25.7 Å². The Hall–Kier alpha value is -2.34. The molecule has 25 heavy (non-hydrogen) atoms. The molecule has 0 fully saturated rings. The Morgan fingerprint density at radius 3 is 2.52 bits per heavy atom. The van der Waals surface area contributed by atoms with E-state index in [1.54, 1.807) is 6.07 Å². The lowest BCUT2D eigenvalue weighted by Gasteiger charge is -2.22. The minimum atomic E-state index is -3.70. The van der Waals surface area contributed by atoms with Crippen LogP contribution < -0.4 is 4.74 Å². The van der Waals surface area contributed by atoms with E-state index in [0.717, 1.165) is 11.1 Å². The standard InChI is InChI=1S/C19H22N2O3S/c1-4-24-17-13-18(15(3)12-14(17)2)25(22,23)21-11-10-20-19(21)16-8-6-5-7-9-16/h5-9,12-13H,4,10-11H2,1-3H3. The van der Waals surface area contributed by atoms with Crippen LogP contribution in [0.4, 0.5) is 0 Å². The van der Waals surface area contributed by atoms with E-state index in [9.17, 15) is 8.42 Å². The third-order valence-electron chi connectivity index (χ3n) is 4.17. The lowest BCUT2D eigenvalue weighted by molar-refractivity contribution is 0.336. The Morgan fingerprint density at radius 1 is 1.12 bits per heavy atom. The highest BCUT2D eigenvalue weighted by Crippen LogP contribution is 2.30. The molecule has 5 nitrogen and oxygen atoms in total. The fourth-order valence-electron chi connectivity index (χ4n) is 3.01. The summed E-state index contributed by atoms with van der Waals surface area (Å²) in [5.74, 6) is 1.10. The number of ether oxygens (including phenoxy) is 1. The summed E-state index contributed by atoms with van der Waals surface area (Å²) in [7, 11) is -3.70. The van der Waals surface area contributed by atoms with Crippen LogP contribution in [0.25, 0.3) is 0 Å². The van der Waals surface area contributed by atoms with Crippen LogP contribution in [0.1, 0.15) is 23.6 Å². The summed E-state index contributed by atoms with van der Waals surface area (Å²) in [5, 5.41) is 0. The summed E-state index contributed by atoms with van der Waals surface area (Å²) in [6, 6.07) is 12.9. The Labute approximate surface area is 149 Å². The first-order valence-corrected chi connectivity index (χ1v) is 9.76. The minimum absolute atomic E-state index is 0.270. The molecule has 1 heterocycles. The highest BCUT2D eigenvalue weighted by atomic mass is 32.2. The second-order valence-corrected chi connectivity index (χ2v) is 7.80. The normalized spacial score (nSPS) is 14.5. The van der Waals surface area contributed by atoms with E-state index in [2.05, 4.69) is 4.99 Å². The average molecular weight is 358 g/mol. The third kappa shape index (κ3) is 3.26. The molecule has 3 rings (SSSR count). The maximum Gasteiger partial charge on any atom is 0.265 e. The quantitative estimate of drug-likeness (QED) is 0.825. The van der Waals surface area contributed by atoms with E-state index >= 15 is 0 Å². The number of nitrogens with zero attached hydrogens (tertiary/aromatic N) is 2. The van der Waals surface area contributed by atoms with Gasteiger partial charge in [0.1, 0.15) is 11.6 Å². The lowest BCUT2D eigenvalue weighted by atomic mass is 10.1. The number of benzene rings is 2. The molecule has 0 radical (unpaired) electrons. The van der Waals surface area contributed by atoms with Crippen molar-refractivity contribution in [1.82, 2.24) is 4.31 Å². The highest BCUT2D eigenvalue weighted by molar-refractivity contribution is 7.89. The Kier molecular flexibility index (Phi) is 4.81. The second-order valence-electron chi connectivity index (χ2n) is 5.96. The van der Waals surface area contributed by atoms with Crippen LogP contribution >= 0.6 is 0 Å². The van der Waals surface area contributed by atoms with Crippen LogP contribution in [0.3, 0.4) is 0 Å². The van der Waals surface area contributed by atoms with Crippen molar-refractivity contribution in [2.24, 2.45) is 4.99 Å². The minimum Gasteiger partial charge on any atom is -0.494 e. The molecule has 6 heteroatoms. The molecule has 1 aliphatic heterocycles.